The molecular formula is C23H38O5. The predicted octanol–water partition coefficient (Wildman–Crippen LogP) is 5.00. The molecule has 2 atom stereocenters. The zero-order chi connectivity index (χ0) is 20.8. The fraction of sp³-hybridized carbons (Fsp3) is 0.739. The summed E-state index contributed by atoms with van der Waals surface area (Å²) in [6.07, 6.45) is 18.1. The third-order valence-corrected chi connectivity index (χ3v) is 5.61. The summed E-state index contributed by atoms with van der Waals surface area (Å²) in [4.78, 5) is 24.1. The van der Waals surface area contributed by atoms with E-state index in [0.717, 1.165) is 19.3 Å². The number of hydrogen-bond donors (Lipinski definition) is 0. The summed E-state index contributed by atoms with van der Waals surface area (Å²) in [5, 5.41) is 0. The maximum atomic E-state index is 12.2. The van der Waals surface area contributed by atoms with Crippen molar-refractivity contribution < 1.29 is 23.8 Å². The highest BCUT2D eigenvalue weighted by molar-refractivity contribution is 5.83. The second-order valence-corrected chi connectivity index (χ2v) is 7.45. The maximum Gasteiger partial charge on any atom is 0.366 e. The number of Topliss-reactive ketones (excluding diaryl/α,β-unsaturated/α-hetero) is 1. The average molecular weight is 395 g/mol. The van der Waals surface area contributed by atoms with Crippen LogP contribution in [-0.2, 0) is 23.8 Å². The Kier molecular flexibility index (Phi) is 12.0. The first-order chi connectivity index (χ1) is 13.5. The normalized spacial score (nSPS) is 20.5. The highest BCUT2D eigenvalue weighted by atomic mass is 16.7. The van der Waals surface area contributed by atoms with Crippen molar-refractivity contribution in [1.82, 2.24) is 0 Å². The number of rotatable bonds is 14. The molecule has 160 valence electrons. The first kappa shape index (κ1) is 24.6. The quantitative estimate of drug-likeness (QED) is 0.180. The fourth-order valence-electron chi connectivity index (χ4n) is 3.78. The Morgan fingerprint density at radius 2 is 1.82 bits per heavy atom. The van der Waals surface area contributed by atoms with Gasteiger partial charge in [-0.1, -0.05) is 50.5 Å². The molecule has 0 aliphatic heterocycles. The van der Waals surface area contributed by atoms with Crippen LogP contribution in [0.3, 0.4) is 0 Å². The van der Waals surface area contributed by atoms with Crippen LogP contribution in [0.15, 0.2) is 24.3 Å². The summed E-state index contributed by atoms with van der Waals surface area (Å²) >= 11 is 0. The topological polar surface area (TPSA) is 61.8 Å². The van der Waals surface area contributed by atoms with Crippen LogP contribution in [0.1, 0.15) is 71.1 Å². The summed E-state index contributed by atoms with van der Waals surface area (Å²) in [5.74, 6) is -1.11. The second kappa shape index (κ2) is 13.7. The minimum atomic E-state index is -1.37. The molecule has 28 heavy (non-hydrogen) atoms. The van der Waals surface area contributed by atoms with Crippen molar-refractivity contribution >= 4 is 11.8 Å². The number of hydrogen-bond acceptors (Lipinski definition) is 5. The van der Waals surface area contributed by atoms with E-state index in [4.69, 9.17) is 14.2 Å². The van der Waals surface area contributed by atoms with Crippen LogP contribution in [0.4, 0.5) is 0 Å². The standard InChI is InChI=1S/C23H38O5/c1-5-6-7-8-9-11-14-19-16-17-21(24)20(19)15-12-10-13-18-23(27-3,28-4)22(25)26-2/h10-12,14,19-20H,5-9,13,15-18H2,1-4H3/b12-10-,14-11+/t19-,20+/m0/s1. The first-order valence-corrected chi connectivity index (χ1v) is 10.6. The van der Waals surface area contributed by atoms with Crippen LogP contribution in [0.5, 0.6) is 0 Å². The lowest BCUT2D eigenvalue weighted by molar-refractivity contribution is -0.229. The van der Waals surface area contributed by atoms with Gasteiger partial charge in [-0.2, -0.15) is 0 Å². The van der Waals surface area contributed by atoms with Gasteiger partial charge in [-0.25, -0.2) is 4.79 Å². The number of allylic oxidation sites excluding steroid dienone is 4. The first-order valence-electron chi connectivity index (χ1n) is 10.6. The molecule has 0 bridgehead atoms. The molecule has 0 aromatic carbocycles. The third-order valence-electron chi connectivity index (χ3n) is 5.61. The molecule has 1 saturated carbocycles. The van der Waals surface area contributed by atoms with Crippen molar-refractivity contribution in [2.45, 2.75) is 76.9 Å². The number of methoxy groups -OCH3 is 3. The lowest BCUT2D eigenvalue weighted by Crippen LogP contribution is -2.43. The molecule has 0 N–H and O–H groups in total. The lowest BCUT2D eigenvalue weighted by atomic mass is 9.91. The number of ketones is 1. The van der Waals surface area contributed by atoms with Crippen molar-refractivity contribution in [3.05, 3.63) is 24.3 Å². The molecule has 0 amide bonds. The van der Waals surface area contributed by atoms with Gasteiger partial charge in [-0.15, -0.1) is 0 Å². The zero-order valence-electron chi connectivity index (χ0n) is 18.1. The summed E-state index contributed by atoms with van der Waals surface area (Å²) in [7, 11) is 4.18. The Balaban J connectivity index is 2.46. The Labute approximate surface area is 170 Å². The van der Waals surface area contributed by atoms with Gasteiger partial charge in [-0.05, 0) is 38.0 Å². The molecule has 0 unspecified atom stereocenters. The number of ether oxygens (including phenoxy) is 3. The zero-order valence-corrected chi connectivity index (χ0v) is 18.1. The lowest BCUT2D eigenvalue weighted by Gasteiger charge is -2.27. The van der Waals surface area contributed by atoms with E-state index in [2.05, 4.69) is 19.1 Å². The number of esters is 1. The second-order valence-electron chi connectivity index (χ2n) is 7.45. The van der Waals surface area contributed by atoms with Crippen LogP contribution in [-0.4, -0.2) is 38.9 Å². The fourth-order valence-corrected chi connectivity index (χ4v) is 3.78. The van der Waals surface area contributed by atoms with E-state index in [9.17, 15) is 9.59 Å². The molecule has 0 aromatic heterocycles. The van der Waals surface area contributed by atoms with Crippen LogP contribution < -0.4 is 0 Å². The molecular weight excluding hydrogens is 356 g/mol. The molecule has 5 nitrogen and oxygen atoms in total. The van der Waals surface area contributed by atoms with Crippen molar-refractivity contribution in [2.75, 3.05) is 21.3 Å². The van der Waals surface area contributed by atoms with Crippen LogP contribution in [0, 0.1) is 11.8 Å². The predicted molar refractivity (Wildman–Crippen MR) is 111 cm³/mol. The maximum absolute atomic E-state index is 12.2. The van der Waals surface area contributed by atoms with E-state index in [-0.39, 0.29) is 5.92 Å². The van der Waals surface area contributed by atoms with Gasteiger partial charge in [-0.3, -0.25) is 4.79 Å². The molecule has 1 fully saturated rings. The van der Waals surface area contributed by atoms with Crippen LogP contribution in [0.25, 0.3) is 0 Å². The molecule has 0 heterocycles. The van der Waals surface area contributed by atoms with Gasteiger partial charge in [0, 0.05) is 33.0 Å². The summed E-state index contributed by atoms with van der Waals surface area (Å²) in [6.45, 7) is 2.22. The van der Waals surface area contributed by atoms with Gasteiger partial charge in [0.15, 0.2) is 0 Å². The smallest absolute Gasteiger partial charge is 0.366 e. The monoisotopic (exact) mass is 394 g/mol. The molecule has 0 aromatic rings. The largest absolute Gasteiger partial charge is 0.465 e. The average Bonchev–Trinajstić information content (AvgIpc) is 3.06. The Bertz CT molecular complexity index is 519. The SMILES string of the molecule is CCCCCC/C=C/[C@H]1CCC(=O)[C@@H]1C/C=C\CCC(OC)(OC)C(=O)OC. The molecule has 1 rings (SSSR count). The summed E-state index contributed by atoms with van der Waals surface area (Å²) < 4.78 is 15.2. The van der Waals surface area contributed by atoms with E-state index in [1.807, 2.05) is 12.2 Å². The number of carbonyl (C=O) groups excluding carboxylic acids is 2. The molecule has 0 saturated heterocycles. The molecule has 1 aliphatic rings. The summed E-state index contributed by atoms with van der Waals surface area (Å²) in [6, 6.07) is 0. The summed E-state index contributed by atoms with van der Waals surface area (Å²) in [5.41, 5.74) is 0. The third kappa shape index (κ3) is 7.51. The van der Waals surface area contributed by atoms with Gasteiger partial charge in [0.2, 0.25) is 0 Å². The van der Waals surface area contributed by atoms with E-state index < -0.39 is 11.8 Å². The van der Waals surface area contributed by atoms with E-state index in [1.165, 1.54) is 47.0 Å². The van der Waals surface area contributed by atoms with E-state index in [1.54, 1.807) is 0 Å². The van der Waals surface area contributed by atoms with Crippen molar-refractivity contribution in [2.24, 2.45) is 11.8 Å². The number of unbranched alkanes of at least 4 members (excludes halogenated alkanes) is 4. The number of carbonyl (C=O) groups is 2. The Morgan fingerprint density at radius 3 is 2.46 bits per heavy atom. The van der Waals surface area contributed by atoms with Crippen molar-refractivity contribution in [1.29, 1.82) is 0 Å². The minimum Gasteiger partial charge on any atom is -0.465 e. The van der Waals surface area contributed by atoms with Crippen LogP contribution in [0.2, 0.25) is 0 Å². The van der Waals surface area contributed by atoms with Gasteiger partial charge in [0.05, 0.1) is 7.11 Å². The molecule has 5 heteroatoms. The molecule has 1 aliphatic carbocycles. The highest BCUT2D eigenvalue weighted by Gasteiger charge is 2.39. The van der Waals surface area contributed by atoms with E-state index in [0.29, 0.717) is 31.0 Å². The van der Waals surface area contributed by atoms with E-state index >= 15 is 0 Å². The van der Waals surface area contributed by atoms with Crippen molar-refractivity contribution in [3.8, 4) is 0 Å². The van der Waals surface area contributed by atoms with Crippen molar-refractivity contribution in [3.63, 3.8) is 0 Å². The minimum absolute atomic E-state index is 0.0818. The van der Waals surface area contributed by atoms with Gasteiger partial charge in [0.1, 0.15) is 5.78 Å². The van der Waals surface area contributed by atoms with Gasteiger partial charge >= 0.3 is 5.97 Å². The Morgan fingerprint density at radius 1 is 1.07 bits per heavy atom. The van der Waals surface area contributed by atoms with Gasteiger partial charge in [0.25, 0.3) is 5.79 Å². The molecule has 0 radical (unpaired) electrons. The Hall–Kier alpha value is -1.46. The van der Waals surface area contributed by atoms with Gasteiger partial charge < -0.3 is 14.2 Å². The molecule has 0 spiro atoms. The highest BCUT2D eigenvalue weighted by Crippen LogP contribution is 2.33. The van der Waals surface area contributed by atoms with Crippen LogP contribution >= 0.6 is 0 Å².